The summed E-state index contributed by atoms with van der Waals surface area (Å²) >= 11 is -1.19. The van der Waals surface area contributed by atoms with E-state index in [1.165, 1.54) is 19.3 Å². The molecule has 0 saturated heterocycles. The molecule has 0 radical (unpaired) electrons. The molecular formula is C13H24SeSn. The van der Waals surface area contributed by atoms with Crippen LogP contribution < -0.4 is 3.58 Å². The fraction of sp³-hybridized carbons (Fsp3) is 0.692. The second-order valence-corrected chi connectivity index (χ2v) is 19.4. The van der Waals surface area contributed by atoms with Crippen molar-refractivity contribution in [1.29, 1.82) is 0 Å². The van der Waals surface area contributed by atoms with Gasteiger partial charge in [-0.15, -0.1) is 0 Å². The van der Waals surface area contributed by atoms with Crippen LogP contribution in [-0.2, 0) is 0 Å². The third kappa shape index (κ3) is 3.64. The Hall–Kier alpha value is 0.798. The molecule has 0 fully saturated rings. The third-order valence-electron chi connectivity index (χ3n) is 3.32. The van der Waals surface area contributed by atoms with Gasteiger partial charge < -0.3 is 0 Å². The van der Waals surface area contributed by atoms with Gasteiger partial charge in [0.25, 0.3) is 0 Å². The average molecular weight is 378 g/mol. The summed E-state index contributed by atoms with van der Waals surface area (Å²) in [5.74, 6) is 0. The first-order chi connectivity index (χ1) is 7.29. The van der Waals surface area contributed by atoms with E-state index in [-0.39, 0.29) is 0 Å². The van der Waals surface area contributed by atoms with Gasteiger partial charge in [0.05, 0.1) is 0 Å². The Balaban J connectivity index is 2.90. The topological polar surface area (TPSA) is 0 Å². The molecule has 0 nitrogen and oxygen atoms in total. The summed E-state index contributed by atoms with van der Waals surface area (Å²) < 4.78 is 6.63. The Morgan fingerprint density at radius 2 is 1.53 bits per heavy atom. The average Bonchev–Trinajstić information content (AvgIpc) is 2.72. The Kier molecular flexibility index (Phi) is 6.64. The van der Waals surface area contributed by atoms with Gasteiger partial charge in [0.1, 0.15) is 0 Å². The first kappa shape index (κ1) is 13.9. The van der Waals surface area contributed by atoms with Crippen molar-refractivity contribution in [2.24, 2.45) is 0 Å². The van der Waals surface area contributed by atoms with Crippen LogP contribution in [0.4, 0.5) is 0 Å². The van der Waals surface area contributed by atoms with Gasteiger partial charge in [-0.25, -0.2) is 0 Å². The molecule has 2 heteroatoms. The van der Waals surface area contributed by atoms with Gasteiger partial charge in [-0.2, -0.15) is 0 Å². The fourth-order valence-electron chi connectivity index (χ4n) is 2.81. The summed E-state index contributed by atoms with van der Waals surface area (Å²) in [6, 6.07) is 2.50. The zero-order chi connectivity index (χ0) is 11.1. The zero-order valence-electron chi connectivity index (χ0n) is 10.4. The van der Waals surface area contributed by atoms with Crippen LogP contribution in [0.5, 0.6) is 0 Å². The van der Waals surface area contributed by atoms with Crippen LogP contribution in [-0.4, -0.2) is 32.9 Å². The molecule has 0 saturated carbocycles. The van der Waals surface area contributed by atoms with E-state index >= 15 is 0 Å². The Morgan fingerprint density at radius 3 is 1.87 bits per heavy atom. The van der Waals surface area contributed by atoms with Gasteiger partial charge in [-0.3, -0.25) is 0 Å². The zero-order valence-corrected chi connectivity index (χ0v) is 15.0. The predicted octanol–water partition coefficient (Wildman–Crippen LogP) is 3.63. The van der Waals surface area contributed by atoms with Gasteiger partial charge in [-0.05, 0) is 0 Å². The van der Waals surface area contributed by atoms with Crippen molar-refractivity contribution in [3.8, 4) is 0 Å². The molecule has 0 spiro atoms. The molecule has 15 heavy (non-hydrogen) atoms. The van der Waals surface area contributed by atoms with Crippen molar-refractivity contribution in [2.75, 3.05) is 0 Å². The molecule has 0 aliphatic heterocycles. The van der Waals surface area contributed by atoms with E-state index in [0.29, 0.717) is 14.5 Å². The van der Waals surface area contributed by atoms with Crippen LogP contribution in [0.2, 0.25) is 13.3 Å². The molecule has 0 aliphatic rings. The first-order valence-electron chi connectivity index (χ1n) is 6.31. The first-order valence-corrected chi connectivity index (χ1v) is 15.8. The predicted molar refractivity (Wildman–Crippen MR) is 74.1 cm³/mol. The SMILES string of the molecule is CC[CH2][Sn]([CH2]CC)([CH2]CC)[c]1cc[se]c1. The number of hydrogen-bond acceptors (Lipinski definition) is 0. The summed E-state index contributed by atoms with van der Waals surface area (Å²) in [5, 5.41) is 0. The van der Waals surface area contributed by atoms with E-state index in [0.717, 1.165) is 0 Å². The minimum atomic E-state index is -1.89. The summed E-state index contributed by atoms with van der Waals surface area (Å²) in [7, 11) is 0. The van der Waals surface area contributed by atoms with Gasteiger partial charge in [0, 0.05) is 0 Å². The van der Waals surface area contributed by atoms with Crippen molar-refractivity contribution >= 4 is 36.5 Å². The quantitative estimate of drug-likeness (QED) is 0.636. The Morgan fingerprint density at radius 1 is 1.00 bits per heavy atom. The fourth-order valence-corrected chi connectivity index (χ4v) is 24.0. The minimum absolute atomic E-state index is 0.701. The second-order valence-electron chi connectivity index (χ2n) is 4.54. The van der Waals surface area contributed by atoms with Crippen LogP contribution in [0, 0.1) is 0 Å². The van der Waals surface area contributed by atoms with Crippen molar-refractivity contribution in [3.63, 3.8) is 0 Å². The van der Waals surface area contributed by atoms with Crippen molar-refractivity contribution in [3.05, 3.63) is 15.9 Å². The van der Waals surface area contributed by atoms with E-state index in [4.69, 9.17) is 0 Å². The molecule has 0 unspecified atom stereocenters. The van der Waals surface area contributed by atoms with Crippen molar-refractivity contribution in [2.45, 2.75) is 53.3 Å². The number of rotatable bonds is 7. The molecule has 0 bridgehead atoms. The van der Waals surface area contributed by atoms with Crippen LogP contribution in [0.3, 0.4) is 0 Å². The van der Waals surface area contributed by atoms with E-state index in [1.807, 2.05) is 3.58 Å². The van der Waals surface area contributed by atoms with E-state index in [1.54, 1.807) is 13.3 Å². The molecule has 1 rings (SSSR count). The van der Waals surface area contributed by atoms with E-state index in [9.17, 15) is 0 Å². The van der Waals surface area contributed by atoms with Crippen LogP contribution >= 0.6 is 0 Å². The third-order valence-corrected chi connectivity index (χ3v) is 22.9. The van der Waals surface area contributed by atoms with Crippen molar-refractivity contribution < 1.29 is 0 Å². The Labute approximate surface area is 105 Å². The van der Waals surface area contributed by atoms with Gasteiger partial charge in [0.2, 0.25) is 0 Å². The Bertz CT molecular complexity index is 236. The molecule has 1 aromatic rings. The molecule has 0 aliphatic carbocycles. The second kappa shape index (κ2) is 7.19. The number of hydrogen-bond donors (Lipinski definition) is 0. The molecule has 1 heterocycles. The van der Waals surface area contributed by atoms with Gasteiger partial charge in [0.15, 0.2) is 0 Å². The van der Waals surface area contributed by atoms with Crippen molar-refractivity contribution in [1.82, 2.24) is 0 Å². The monoisotopic (exact) mass is 380 g/mol. The summed E-state index contributed by atoms with van der Waals surface area (Å²) in [5.41, 5.74) is 0. The van der Waals surface area contributed by atoms with Crippen LogP contribution in [0.15, 0.2) is 15.9 Å². The van der Waals surface area contributed by atoms with Crippen LogP contribution in [0.25, 0.3) is 0 Å². The van der Waals surface area contributed by atoms with E-state index in [2.05, 4.69) is 36.7 Å². The molecule has 86 valence electrons. The van der Waals surface area contributed by atoms with Gasteiger partial charge >= 0.3 is 106 Å². The summed E-state index contributed by atoms with van der Waals surface area (Å²) in [6.07, 6.45) is 4.23. The summed E-state index contributed by atoms with van der Waals surface area (Å²) in [6.45, 7) is 7.13. The van der Waals surface area contributed by atoms with Gasteiger partial charge in [-0.1, -0.05) is 0 Å². The molecule has 0 amide bonds. The molecule has 0 atom stereocenters. The maximum atomic E-state index is 2.60. The molecule has 0 aromatic carbocycles. The molecular weight excluding hydrogens is 354 g/mol. The summed E-state index contributed by atoms with van der Waals surface area (Å²) in [4.78, 5) is 5.03. The van der Waals surface area contributed by atoms with Crippen LogP contribution in [0.1, 0.15) is 40.0 Å². The maximum absolute atomic E-state index is 2.60. The normalized spacial score (nSPS) is 11.9. The standard InChI is InChI=1S/C4H3Se.3C3H7.Sn/c1-2-4-5-3-1;3*1-3-2;/h1,3-4H;3*1,3H2,2H3;. The molecule has 0 N–H and O–H groups in total. The molecule has 1 aromatic heterocycles. The van der Waals surface area contributed by atoms with E-state index < -0.39 is 18.4 Å².